The molecular formula is C15H23NO. The van der Waals surface area contributed by atoms with Gasteiger partial charge in [0, 0.05) is 6.04 Å². The van der Waals surface area contributed by atoms with E-state index in [1.54, 1.807) is 0 Å². The Morgan fingerprint density at radius 1 is 1.41 bits per heavy atom. The summed E-state index contributed by atoms with van der Waals surface area (Å²) in [5, 5.41) is 3.56. The maximum Gasteiger partial charge on any atom is 0.123 e. The third kappa shape index (κ3) is 3.22. The van der Waals surface area contributed by atoms with Gasteiger partial charge in [-0.3, -0.25) is 0 Å². The minimum atomic E-state index is 0.243. The third-order valence-corrected chi connectivity index (χ3v) is 3.34. The highest BCUT2D eigenvalue weighted by atomic mass is 16.5. The predicted molar refractivity (Wildman–Crippen MR) is 71.7 cm³/mol. The van der Waals surface area contributed by atoms with Crippen molar-refractivity contribution in [3.05, 3.63) is 29.3 Å². The van der Waals surface area contributed by atoms with Crippen LogP contribution in [0.5, 0.6) is 5.75 Å². The molecule has 1 unspecified atom stereocenters. The zero-order valence-electron chi connectivity index (χ0n) is 11.1. The Balaban J connectivity index is 2.17. The van der Waals surface area contributed by atoms with Gasteiger partial charge in [0.15, 0.2) is 0 Å². The summed E-state index contributed by atoms with van der Waals surface area (Å²) in [4.78, 5) is 0. The number of nitrogens with one attached hydrogen (secondary N) is 1. The number of benzene rings is 1. The number of ether oxygens (including phenoxy) is 1. The highest BCUT2D eigenvalue weighted by molar-refractivity contribution is 5.40. The molecule has 17 heavy (non-hydrogen) atoms. The Kier molecular flexibility index (Phi) is 4.06. The highest BCUT2D eigenvalue weighted by Gasteiger charge is 2.18. The topological polar surface area (TPSA) is 21.3 Å². The van der Waals surface area contributed by atoms with E-state index in [0.29, 0.717) is 6.04 Å². The molecule has 1 atom stereocenters. The van der Waals surface area contributed by atoms with E-state index in [4.69, 9.17) is 4.74 Å². The molecule has 1 N–H and O–H groups in total. The molecule has 1 aromatic rings. The summed E-state index contributed by atoms with van der Waals surface area (Å²) in [7, 11) is 0. The van der Waals surface area contributed by atoms with Gasteiger partial charge >= 0.3 is 0 Å². The van der Waals surface area contributed by atoms with Gasteiger partial charge in [-0.15, -0.1) is 0 Å². The molecule has 0 radical (unpaired) electrons. The van der Waals surface area contributed by atoms with Crippen LogP contribution in [-0.4, -0.2) is 18.7 Å². The molecule has 1 aliphatic heterocycles. The largest absolute Gasteiger partial charge is 0.491 e. The molecule has 1 heterocycles. The zero-order valence-corrected chi connectivity index (χ0v) is 11.1. The minimum Gasteiger partial charge on any atom is -0.491 e. The molecule has 0 aliphatic carbocycles. The molecule has 0 saturated carbocycles. The second-order valence-electron chi connectivity index (χ2n) is 5.22. The van der Waals surface area contributed by atoms with Crippen LogP contribution >= 0.6 is 0 Å². The Bertz CT molecular complexity index is 367. The first kappa shape index (κ1) is 12.4. The van der Waals surface area contributed by atoms with Crippen LogP contribution in [0.3, 0.4) is 0 Å². The van der Waals surface area contributed by atoms with Crippen LogP contribution in [0, 0.1) is 6.92 Å². The summed E-state index contributed by atoms with van der Waals surface area (Å²) in [6.45, 7) is 7.51. The van der Waals surface area contributed by atoms with E-state index in [-0.39, 0.29) is 6.10 Å². The highest BCUT2D eigenvalue weighted by Crippen LogP contribution is 2.26. The first-order valence-electron chi connectivity index (χ1n) is 6.65. The Morgan fingerprint density at radius 2 is 2.24 bits per heavy atom. The number of rotatable bonds is 4. The van der Waals surface area contributed by atoms with Crippen molar-refractivity contribution in [2.75, 3.05) is 6.54 Å². The molecule has 1 saturated heterocycles. The van der Waals surface area contributed by atoms with Gasteiger partial charge in [-0.25, -0.2) is 0 Å². The van der Waals surface area contributed by atoms with Crippen LogP contribution in [0.1, 0.15) is 37.8 Å². The molecule has 94 valence electrons. The summed E-state index contributed by atoms with van der Waals surface area (Å²) >= 11 is 0. The molecule has 0 bridgehead atoms. The van der Waals surface area contributed by atoms with Crippen molar-refractivity contribution in [3.8, 4) is 5.75 Å². The maximum absolute atomic E-state index is 5.91. The quantitative estimate of drug-likeness (QED) is 0.863. The van der Waals surface area contributed by atoms with Gasteiger partial charge < -0.3 is 10.1 Å². The van der Waals surface area contributed by atoms with E-state index < -0.39 is 0 Å². The minimum absolute atomic E-state index is 0.243. The van der Waals surface area contributed by atoms with Crippen LogP contribution in [0.15, 0.2) is 18.2 Å². The van der Waals surface area contributed by atoms with Crippen LogP contribution < -0.4 is 10.1 Å². The lowest BCUT2D eigenvalue weighted by Gasteiger charge is -2.18. The van der Waals surface area contributed by atoms with Crippen LogP contribution in [0.25, 0.3) is 0 Å². The molecule has 2 nitrogen and oxygen atoms in total. The lowest BCUT2D eigenvalue weighted by atomic mass is 9.99. The third-order valence-electron chi connectivity index (χ3n) is 3.34. The van der Waals surface area contributed by atoms with Gasteiger partial charge in [0.25, 0.3) is 0 Å². The van der Waals surface area contributed by atoms with Gasteiger partial charge in [-0.2, -0.15) is 0 Å². The molecule has 1 fully saturated rings. The van der Waals surface area contributed by atoms with Crippen LogP contribution in [0.4, 0.5) is 0 Å². The molecule has 1 aromatic carbocycles. The maximum atomic E-state index is 5.91. The molecule has 2 heteroatoms. The van der Waals surface area contributed by atoms with Gasteiger partial charge in [-0.1, -0.05) is 12.1 Å². The monoisotopic (exact) mass is 233 g/mol. The fraction of sp³-hybridized carbons (Fsp3) is 0.600. The fourth-order valence-electron chi connectivity index (χ4n) is 2.48. The number of aryl methyl sites for hydroxylation is 1. The summed E-state index contributed by atoms with van der Waals surface area (Å²) in [6, 6.07) is 6.98. The summed E-state index contributed by atoms with van der Waals surface area (Å²) < 4.78 is 5.91. The predicted octanol–water partition coefficient (Wildman–Crippen LogP) is 3.08. The molecule has 2 rings (SSSR count). The van der Waals surface area contributed by atoms with E-state index >= 15 is 0 Å². The SMILES string of the molecule is Cc1cccc(OC(C)C)c1CC1CCCN1. The molecule has 1 aliphatic rings. The van der Waals surface area contributed by atoms with Crippen LogP contribution in [-0.2, 0) is 6.42 Å². The normalized spacial score (nSPS) is 19.9. The van der Waals surface area contributed by atoms with Crippen LogP contribution in [0.2, 0.25) is 0 Å². The molecular weight excluding hydrogens is 210 g/mol. The van der Waals surface area contributed by atoms with E-state index in [1.807, 2.05) is 0 Å². The van der Waals surface area contributed by atoms with Gasteiger partial charge in [0.2, 0.25) is 0 Å². The first-order chi connectivity index (χ1) is 8.16. The van der Waals surface area contributed by atoms with E-state index in [1.165, 1.54) is 24.0 Å². The summed E-state index contributed by atoms with van der Waals surface area (Å²) in [5.41, 5.74) is 2.72. The van der Waals surface area contributed by atoms with E-state index in [9.17, 15) is 0 Å². The molecule has 0 amide bonds. The Labute approximate surface area is 104 Å². The van der Waals surface area contributed by atoms with E-state index in [2.05, 4.69) is 44.3 Å². The first-order valence-corrected chi connectivity index (χ1v) is 6.65. The van der Waals surface area contributed by atoms with E-state index in [0.717, 1.165) is 18.7 Å². The van der Waals surface area contributed by atoms with Crippen molar-refractivity contribution in [1.29, 1.82) is 0 Å². The van der Waals surface area contributed by atoms with Crippen molar-refractivity contribution in [2.45, 2.75) is 52.2 Å². The van der Waals surface area contributed by atoms with Crippen molar-refractivity contribution in [2.24, 2.45) is 0 Å². The second-order valence-corrected chi connectivity index (χ2v) is 5.22. The average molecular weight is 233 g/mol. The molecule has 0 aromatic heterocycles. The summed E-state index contributed by atoms with van der Waals surface area (Å²) in [5.74, 6) is 1.06. The van der Waals surface area contributed by atoms with Crippen molar-refractivity contribution >= 4 is 0 Å². The average Bonchev–Trinajstić information content (AvgIpc) is 2.75. The Hall–Kier alpha value is -1.02. The summed E-state index contributed by atoms with van der Waals surface area (Å²) in [6.07, 6.45) is 3.92. The van der Waals surface area contributed by atoms with Gasteiger partial charge in [0.05, 0.1) is 6.10 Å². The van der Waals surface area contributed by atoms with Gasteiger partial charge in [0.1, 0.15) is 5.75 Å². The Morgan fingerprint density at radius 3 is 2.88 bits per heavy atom. The lowest BCUT2D eigenvalue weighted by molar-refractivity contribution is 0.239. The van der Waals surface area contributed by atoms with Crippen molar-refractivity contribution in [1.82, 2.24) is 5.32 Å². The molecule has 0 spiro atoms. The standard InChI is InChI=1S/C15H23NO/c1-11(2)17-15-8-4-6-12(3)14(15)10-13-7-5-9-16-13/h4,6,8,11,13,16H,5,7,9-10H2,1-3H3. The lowest BCUT2D eigenvalue weighted by Crippen LogP contribution is -2.24. The zero-order chi connectivity index (χ0) is 12.3. The fourth-order valence-corrected chi connectivity index (χ4v) is 2.48. The second kappa shape index (κ2) is 5.54. The van der Waals surface area contributed by atoms with Crippen molar-refractivity contribution < 1.29 is 4.74 Å². The number of hydrogen-bond acceptors (Lipinski definition) is 2. The van der Waals surface area contributed by atoms with Crippen molar-refractivity contribution in [3.63, 3.8) is 0 Å². The smallest absolute Gasteiger partial charge is 0.123 e. The number of hydrogen-bond donors (Lipinski definition) is 1. The van der Waals surface area contributed by atoms with Gasteiger partial charge in [-0.05, 0) is 63.8 Å².